The Morgan fingerprint density at radius 3 is 2.42 bits per heavy atom. The fourth-order valence-electron chi connectivity index (χ4n) is 4.20. The molecule has 8 heteroatoms. The zero-order valence-electron chi connectivity index (χ0n) is 19.6. The number of fused-ring (bicyclic) bond motifs is 2. The topological polar surface area (TPSA) is 85.3 Å². The van der Waals surface area contributed by atoms with Gasteiger partial charge in [0.2, 0.25) is 0 Å². The highest BCUT2D eigenvalue weighted by molar-refractivity contribution is 7.90. The lowest BCUT2D eigenvalue weighted by Gasteiger charge is -2.26. The van der Waals surface area contributed by atoms with Crippen LogP contribution < -0.4 is 4.74 Å². The van der Waals surface area contributed by atoms with Crippen molar-refractivity contribution in [3.05, 3.63) is 108 Å². The molecule has 1 aliphatic heterocycles. The van der Waals surface area contributed by atoms with Gasteiger partial charge in [-0.25, -0.2) is 4.79 Å². The summed E-state index contributed by atoms with van der Waals surface area (Å²) in [6.45, 7) is 0.249. The van der Waals surface area contributed by atoms with Gasteiger partial charge in [0.05, 0.1) is 12.1 Å². The molecule has 0 aromatic heterocycles. The van der Waals surface area contributed by atoms with Crippen LogP contribution >= 0.6 is 0 Å². The van der Waals surface area contributed by atoms with Crippen molar-refractivity contribution in [1.82, 2.24) is 4.90 Å². The van der Waals surface area contributed by atoms with Gasteiger partial charge in [0.15, 0.2) is 11.9 Å². The van der Waals surface area contributed by atoms with Crippen molar-refractivity contribution in [3.8, 4) is 5.75 Å². The zero-order chi connectivity index (χ0) is 25.1. The third kappa shape index (κ3) is 4.81. The van der Waals surface area contributed by atoms with Gasteiger partial charge in [-0.2, -0.15) is 8.42 Å². The number of ether oxygens (including phenoxy) is 2. The molecule has 36 heavy (non-hydrogen) atoms. The number of sulfonamides is 1. The van der Waals surface area contributed by atoms with E-state index in [-0.39, 0.29) is 18.0 Å². The second-order valence-corrected chi connectivity index (χ2v) is 10.0. The molecule has 0 saturated carbocycles. The van der Waals surface area contributed by atoms with E-state index in [1.807, 2.05) is 66.7 Å². The first-order valence-corrected chi connectivity index (χ1v) is 12.9. The van der Waals surface area contributed by atoms with E-state index < -0.39 is 22.1 Å². The third-order valence-electron chi connectivity index (χ3n) is 5.91. The Balaban J connectivity index is 1.40. The van der Waals surface area contributed by atoms with Gasteiger partial charge in [-0.3, -0.25) is 0 Å². The first-order valence-electron chi connectivity index (χ1n) is 11.4. The van der Waals surface area contributed by atoms with Gasteiger partial charge in [0, 0.05) is 12.6 Å². The predicted octanol–water partition coefficient (Wildman–Crippen LogP) is 4.53. The molecule has 0 spiro atoms. The van der Waals surface area contributed by atoms with Crippen LogP contribution in [0.4, 0.5) is 0 Å². The fraction of sp³-hybridized carbons (Fsp3) is 0.143. The maximum atomic E-state index is 13.3. The average molecular weight is 501 g/mol. The molecule has 0 N–H and O–H groups in total. The van der Waals surface area contributed by atoms with Crippen molar-refractivity contribution in [1.29, 1.82) is 0 Å². The number of hydrogen-bond donors (Lipinski definition) is 0. The van der Waals surface area contributed by atoms with E-state index in [0.29, 0.717) is 22.7 Å². The normalized spacial score (nSPS) is 14.5. The molecule has 0 amide bonds. The summed E-state index contributed by atoms with van der Waals surface area (Å²) < 4.78 is 40.9. The molecule has 0 saturated heterocycles. The van der Waals surface area contributed by atoms with Gasteiger partial charge < -0.3 is 14.4 Å². The molecule has 7 nitrogen and oxygen atoms in total. The summed E-state index contributed by atoms with van der Waals surface area (Å²) in [4.78, 5) is 15.1. The number of nitrogens with zero attached hydrogens (tertiary/aromatic N) is 2. The summed E-state index contributed by atoms with van der Waals surface area (Å²) in [7, 11) is -2.05. The maximum absolute atomic E-state index is 13.3. The minimum absolute atomic E-state index is 0.0759. The van der Waals surface area contributed by atoms with Crippen molar-refractivity contribution in [2.75, 3.05) is 20.2 Å². The van der Waals surface area contributed by atoms with Crippen LogP contribution in [0.1, 0.15) is 15.9 Å². The summed E-state index contributed by atoms with van der Waals surface area (Å²) in [6.07, 6.45) is -0.708. The van der Waals surface area contributed by atoms with Crippen molar-refractivity contribution in [3.63, 3.8) is 0 Å². The molecule has 4 aromatic rings. The monoisotopic (exact) mass is 500 g/mol. The number of hydrogen-bond acceptors (Lipinski definition) is 6. The van der Waals surface area contributed by atoms with E-state index in [4.69, 9.17) is 9.47 Å². The lowest BCUT2D eigenvalue weighted by Crippen LogP contribution is -2.39. The molecule has 0 aliphatic carbocycles. The number of para-hydroxylation sites is 1. The van der Waals surface area contributed by atoms with Gasteiger partial charge in [0.1, 0.15) is 17.3 Å². The number of amidine groups is 1. The molecule has 0 fully saturated rings. The van der Waals surface area contributed by atoms with Crippen molar-refractivity contribution >= 4 is 32.6 Å². The van der Waals surface area contributed by atoms with E-state index >= 15 is 0 Å². The predicted molar refractivity (Wildman–Crippen MR) is 138 cm³/mol. The van der Waals surface area contributed by atoms with Crippen molar-refractivity contribution in [2.45, 2.75) is 11.0 Å². The Labute approximate surface area is 209 Å². The molecule has 0 bridgehead atoms. The Hall–Kier alpha value is -4.17. The number of carbonyl (C=O) groups is 1. The Morgan fingerprint density at radius 2 is 1.58 bits per heavy atom. The van der Waals surface area contributed by atoms with Gasteiger partial charge >= 0.3 is 5.97 Å². The standard InChI is InChI=1S/C28H24N2O5S/c1-30(27-25-15-7-8-17-26(25)36(32,33)29-27)18-22(19-34-21-12-3-2-4-13-21)35-28(31)24-16-9-11-20-10-5-6-14-23(20)24/h2-17,22H,18-19H2,1H3/t22-/m0/s1. The first-order chi connectivity index (χ1) is 17.4. The second-order valence-electron chi connectivity index (χ2n) is 8.44. The summed E-state index contributed by atoms with van der Waals surface area (Å²) in [5, 5.41) is 1.73. The van der Waals surface area contributed by atoms with Crippen molar-refractivity contribution in [2.24, 2.45) is 4.40 Å². The molecule has 0 radical (unpaired) electrons. The highest BCUT2D eigenvalue weighted by atomic mass is 32.2. The molecule has 1 aliphatic rings. The van der Waals surface area contributed by atoms with Gasteiger partial charge in [-0.1, -0.05) is 66.7 Å². The Bertz CT molecular complexity index is 1550. The molecular formula is C28H24N2O5S. The molecule has 1 heterocycles. The zero-order valence-corrected chi connectivity index (χ0v) is 20.4. The SMILES string of the molecule is CN(C[C@@H](COc1ccccc1)OC(=O)c1cccc2ccccc12)C1=NS(=O)(=O)c2ccccc21. The van der Waals surface area contributed by atoms with Crippen LogP contribution in [0.3, 0.4) is 0 Å². The number of benzene rings is 4. The van der Waals surface area contributed by atoms with Gasteiger partial charge in [0.25, 0.3) is 10.0 Å². The number of carbonyl (C=O) groups excluding carboxylic acids is 1. The summed E-state index contributed by atoms with van der Waals surface area (Å²) in [5.74, 6) is 0.456. The van der Waals surface area contributed by atoms with Crippen LogP contribution in [-0.2, 0) is 14.8 Å². The minimum atomic E-state index is -3.77. The van der Waals surface area contributed by atoms with Crippen LogP contribution in [0.2, 0.25) is 0 Å². The summed E-state index contributed by atoms with van der Waals surface area (Å²) in [5.41, 5.74) is 0.967. The minimum Gasteiger partial charge on any atom is -0.490 e. The van der Waals surface area contributed by atoms with Crippen LogP contribution in [0.25, 0.3) is 10.8 Å². The average Bonchev–Trinajstić information content (AvgIpc) is 3.18. The Morgan fingerprint density at radius 1 is 0.889 bits per heavy atom. The summed E-state index contributed by atoms with van der Waals surface area (Å²) >= 11 is 0. The highest BCUT2D eigenvalue weighted by Gasteiger charge is 2.32. The lowest BCUT2D eigenvalue weighted by atomic mass is 10.0. The van der Waals surface area contributed by atoms with E-state index in [1.165, 1.54) is 6.07 Å². The number of likely N-dealkylation sites (N-methyl/N-ethyl adjacent to an activating group) is 1. The van der Waals surface area contributed by atoms with Crippen molar-refractivity contribution < 1.29 is 22.7 Å². The van der Waals surface area contributed by atoms with Gasteiger partial charge in [-0.05, 0) is 41.1 Å². The van der Waals surface area contributed by atoms with Crippen LogP contribution in [0.5, 0.6) is 5.75 Å². The van der Waals surface area contributed by atoms with E-state index in [9.17, 15) is 13.2 Å². The highest BCUT2D eigenvalue weighted by Crippen LogP contribution is 2.27. The number of rotatable bonds is 7. The first kappa shape index (κ1) is 23.6. The third-order valence-corrected chi connectivity index (χ3v) is 7.24. The summed E-state index contributed by atoms with van der Waals surface area (Å²) in [6, 6.07) is 29.0. The molecule has 1 atom stereocenters. The molecule has 182 valence electrons. The van der Waals surface area contributed by atoms with Gasteiger partial charge in [-0.15, -0.1) is 4.40 Å². The molecule has 4 aromatic carbocycles. The lowest BCUT2D eigenvalue weighted by molar-refractivity contribution is 0.0132. The van der Waals surface area contributed by atoms with E-state index in [0.717, 1.165) is 10.8 Å². The molecule has 0 unspecified atom stereocenters. The van der Waals surface area contributed by atoms with Crippen LogP contribution in [-0.4, -0.2) is 51.4 Å². The second kappa shape index (κ2) is 9.83. The maximum Gasteiger partial charge on any atom is 0.339 e. The van der Waals surface area contributed by atoms with E-state index in [1.54, 1.807) is 36.2 Å². The quantitative estimate of drug-likeness (QED) is 0.347. The molecular weight excluding hydrogens is 476 g/mol. The van der Waals surface area contributed by atoms with Crippen LogP contribution in [0.15, 0.2) is 106 Å². The van der Waals surface area contributed by atoms with E-state index in [2.05, 4.69) is 4.40 Å². The fourth-order valence-corrected chi connectivity index (χ4v) is 5.46. The largest absolute Gasteiger partial charge is 0.490 e. The number of esters is 1. The Kier molecular flexibility index (Phi) is 6.43. The smallest absolute Gasteiger partial charge is 0.339 e. The van der Waals surface area contributed by atoms with Crippen LogP contribution in [0, 0.1) is 0 Å². The molecule has 5 rings (SSSR count).